The molecule has 0 saturated heterocycles. The van der Waals surface area contributed by atoms with Crippen molar-refractivity contribution < 1.29 is 9.53 Å². The maximum atomic E-state index is 11.9. The Bertz CT molecular complexity index is 510. The molecule has 1 aromatic carbocycles. The van der Waals surface area contributed by atoms with E-state index < -0.39 is 0 Å². The van der Waals surface area contributed by atoms with Gasteiger partial charge in [-0.1, -0.05) is 72.1 Å². The molecule has 20 heavy (non-hydrogen) atoms. The van der Waals surface area contributed by atoms with Gasteiger partial charge in [0.25, 0.3) is 0 Å². The molecule has 0 spiro atoms. The molecule has 1 fully saturated rings. The van der Waals surface area contributed by atoms with Gasteiger partial charge in [0.05, 0.1) is 15.1 Å². The summed E-state index contributed by atoms with van der Waals surface area (Å²) in [4.78, 5) is 11.9. The zero-order valence-electron chi connectivity index (χ0n) is 10.7. The van der Waals surface area contributed by atoms with Crippen LogP contribution in [0.5, 0.6) is 5.75 Å². The normalized spacial score (nSPS) is 15.6. The number of ether oxygens (including phenoxy) is 1. The summed E-state index contributed by atoms with van der Waals surface area (Å²) in [5, 5.41) is 0.612. The quantitative estimate of drug-likeness (QED) is 0.279. The van der Waals surface area contributed by atoms with Crippen LogP contribution in [-0.2, 0) is 4.79 Å². The van der Waals surface area contributed by atoms with Gasteiger partial charge < -0.3 is 4.74 Å². The minimum atomic E-state index is -0.348. The van der Waals surface area contributed by atoms with E-state index in [4.69, 9.17) is 51.1 Å². The van der Waals surface area contributed by atoms with Crippen LogP contribution < -0.4 is 4.74 Å². The van der Waals surface area contributed by atoms with Crippen LogP contribution >= 0.6 is 46.4 Å². The van der Waals surface area contributed by atoms with Gasteiger partial charge in [-0.2, -0.15) is 0 Å². The Morgan fingerprint density at radius 2 is 1.75 bits per heavy atom. The monoisotopic (exact) mass is 354 g/mol. The van der Waals surface area contributed by atoms with Crippen LogP contribution in [-0.4, -0.2) is 5.97 Å². The van der Waals surface area contributed by atoms with Crippen LogP contribution in [0.25, 0.3) is 0 Å². The molecule has 0 aromatic heterocycles. The average Bonchev–Trinajstić information content (AvgIpc) is 2.92. The summed E-state index contributed by atoms with van der Waals surface area (Å²) in [6.07, 6.45) is 6.10. The zero-order valence-corrected chi connectivity index (χ0v) is 13.7. The van der Waals surface area contributed by atoms with Crippen LogP contribution in [0.15, 0.2) is 6.07 Å². The van der Waals surface area contributed by atoms with Crippen molar-refractivity contribution in [2.75, 3.05) is 0 Å². The number of hydrogen-bond acceptors (Lipinski definition) is 2. The number of benzene rings is 1. The molecule has 0 radical (unpaired) electrons. The van der Waals surface area contributed by atoms with E-state index in [1.165, 1.54) is 31.7 Å². The van der Waals surface area contributed by atoms with Gasteiger partial charge in [0.1, 0.15) is 5.02 Å². The topological polar surface area (TPSA) is 26.3 Å². The van der Waals surface area contributed by atoms with Crippen molar-refractivity contribution >= 4 is 52.4 Å². The summed E-state index contributed by atoms with van der Waals surface area (Å²) in [6, 6.07) is 1.41. The number of rotatable bonds is 4. The second-order valence-electron chi connectivity index (χ2n) is 4.96. The molecule has 2 nitrogen and oxygen atoms in total. The number of carbonyl (C=O) groups is 1. The SMILES string of the molecule is O=C(CCC1CCCC1)Oc1c(Cl)cc(Cl)c(Cl)c1Cl. The van der Waals surface area contributed by atoms with E-state index in [0.717, 1.165) is 6.42 Å². The molecule has 1 aliphatic carbocycles. The summed E-state index contributed by atoms with van der Waals surface area (Å²) < 4.78 is 5.23. The molecule has 0 aliphatic heterocycles. The fourth-order valence-electron chi connectivity index (χ4n) is 2.43. The van der Waals surface area contributed by atoms with E-state index in [9.17, 15) is 4.79 Å². The van der Waals surface area contributed by atoms with E-state index >= 15 is 0 Å². The van der Waals surface area contributed by atoms with Gasteiger partial charge in [0, 0.05) is 6.42 Å². The highest BCUT2D eigenvalue weighted by Gasteiger charge is 2.20. The lowest BCUT2D eigenvalue weighted by Gasteiger charge is -2.12. The van der Waals surface area contributed by atoms with Crippen LogP contribution in [0.1, 0.15) is 38.5 Å². The first-order valence-corrected chi connectivity index (χ1v) is 8.04. The predicted octanol–water partition coefficient (Wildman–Crippen LogP) is 6.18. The van der Waals surface area contributed by atoms with Gasteiger partial charge in [-0.3, -0.25) is 4.79 Å². The van der Waals surface area contributed by atoms with Crippen molar-refractivity contribution in [3.8, 4) is 5.75 Å². The second kappa shape index (κ2) is 7.22. The smallest absolute Gasteiger partial charge is 0.311 e. The third-order valence-corrected chi connectivity index (χ3v) is 5.04. The van der Waals surface area contributed by atoms with Crippen molar-refractivity contribution in [2.24, 2.45) is 5.92 Å². The Labute approximate surface area is 138 Å². The first kappa shape index (κ1) is 16.2. The average molecular weight is 356 g/mol. The molecule has 6 heteroatoms. The summed E-state index contributed by atoms with van der Waals surface area (Å²) in [7, 11) is 0. The van der Waals surface area contributed by atoms with E-state index in [0.29, 0.717) is 12.3 Å². The van der Waals surface area contributed by atoms with Crippen LogP contribution in [0, 0.1) is 5.92 Å². The van der Waals surface area contributed by atoms with Gasteiger partial charge >= 0.3 is 5.97 Å². The highest BCUT2D eigenvalue weighted by molar-refractivity contribution is 6.50. The molecule has 0 bridgehead atoms. The minimum absolute atomic E-state index is 0.0679. The second-order valence-corrected chi connectivity index (χ2v) is 6.53. The first-order valence-electron chi connectivity index (χ1n) is 6.52. The van der Waals surface area contributed by atoms with E-state index in [1.807, 2.05) is 0 Å². The Morgan fingerprint density at radius 1 is 1.10 bits per heavy atom. The maximum absolute atomic E-state index is 11.9. The van der Waals surface area contributed by atoms with Crippen molar-refractivity contribution in [2.45, 2.75) is 38.5 Å². The highest BCUT2D eigenvalue weighted by atomic mass is 35.5. The fourth-order valence-corrected chi connectivity index (χ4v) is 3.41. The van der Waals surface area contributed by atoms with E-state index in [1.54, 1.807) is 0 Å². The lowest BCUT2D eigenvalue weighted by atomic mass is 10.0. The molecule has 0 amide bonds. The molecule has 0 N–H and O–H groups in total. The van der Waals surface area contributed by atoms with Crippen molar-refractivity contribution in [1.29, 1.82) is 0 Å². The Balaban J connectivity index is 1.98. The minimum Gasteiger partial charge on any atom is -0.423 e. The third-order valence-electron chi connectivity index (χ3n) is 3.52. The lowest BCUT2D eigenvalue weighted by molar-refractivity contribution is -0.134. The summed E-state index contributed by atoms with van der Waals surface area (Å²) in [5.41, 5.74) is 0. The molecular formula is C14H14Cl4O2. The van der Waals surface area contributed by atoms with Crippen molar-refractivity contribution in [1.82, 2.24) is 0 Å². The highest BCUT2D eigenvalue weighted by Crippen LogP contribution is 2.42. The molecule has 1 aromatic rings. The maximum Gasteiger partial charge on any atom is 0.311 e. The third kappa shape index (κ3) is 3.94. The van der Waals surface area contributed by atoms with Crippen LogP contribution in [0.4, 0.5) is 0 Å². The Morgan fingerprint density at radius 3 is 2.40 bits per heavy atom. The van der Waals surface area contributed by atoms with Gasteiger partial charge in [0.15, 0.2) is 5.75 Å². The largest absolute Gasteiger partial charge is 0.423 e. The molecular weight excluding hydrogens is 342 g/mol. The molecule has 0 heterocycles. The molecule has 0 atom stereocenters. The molecule has 1 saturated carbocycles. The van der Waals surface area contributed by atoms with Crippen LogP contribution in [0.2, 0.25) is 20.1 Å². The van der Waals surface area contributed by atoms with E-state index in [2.05, 4.69) is 0 Å². The van der Waals surface area contributed by atoms with E-state index in [-0.39, 0.29) is 31.8 Å². The Hall–Kier alpha value is -0.150. The zero-order chi connectivity index (χ0) is 14.7. The van der Waals surface area contributed by atoms with Gasteiger partial charge in [-0.15, -0.1) is 0 Å². The molecule has 0 unspecified atom stereocenters. The molecule has 110 valence electrons. The van der Waals surface area contributed by atoms with Gasteiger partial charge in [-0.25, -0.2) is 0 Å². The first-order chi connectivity index (χ1) is 9.49. The standard InChI is InChI=1S/C14H14Cl4O2/c15-9-7-10(16)14(13(18)12(9)17)20-11(19)6-5-8-3-1-2-4-8/h7-8H,1-6H2. The molecule has 1 aliphatic rings. The molecule has 2 rings (SSSR count). The van der Waals surface area contributed by atoms with Gasteiger partial charge in [-0.05, 0) is 18.4 Å². The van der Waals surface area contributed by atoms with Crippen LogP contribution in [0.3, 0.4) is 0 Å². The summed E-state index contributed by atoms with van der Waals surface area (Å²) in [6.45, 7) is 0. The van der Waals surface area contributed by atoms with Crippen molar-refractivity contribution in [3.63, 3.8) is 0 Å². The Kier molecular flexibility index (Phi) is 5.85. The van der Waals surface area contributed by atoms with Gasteiger partial charge in [0.2, 0.25) is 0 Å². The number of hydrogen-bond donors (Lipinski definition) is 0. The number of carbonyl (C=O) groups excluding carboxylic acids is 1. The predicted molar refractivity (Wildman–Crippen MR) is 83.3 cm³/mol. The fraction of sp³-hybridized carbons (Fsp3) is 0.500. The summed E-state index contributed by atoms with van der Waals surface area (Å²) >= 11 is 23.7. The van der Waals surface area contributed by atoms with Crippen molar-refractivity contribution in [3.05, 3.63) is 26.2 Å². The summed E-state index contributed by atoms with van der Waals surface area (Å²) in [5.74, 6) is 0.362. The number of esters is 1. The lowest BCUT2D eigenvalue weighted by Crippen LogP contribution is -2.10. The number of halogens is 4.